The van der Waals surface area contributed by atoms with Gasteiger partial charge in [-0.1, -0.05) is 19.1 Å². The molecule has 0 saturated carbocycles. The van der Waals surface area contributed by atoms with Gasteiger partial charge in [-0.25, -0.2) is 9.59 Å². The monoisotopic (exact) mass is 292 g/mol. The average Bonchev–Trinajstić information content (AvgIpc) is 2.52. The Bertz CT molecular complexity index is 501. The Morgan fingerprint density at radius 3 is 2.71 bits per heavy atom. The van der Waals surface area contributed by atoms with Crippen LogP contribution in [-0.4, -0.2) is 47.8 Å². The van der Waals surface area contributed by atoms with Crippen LogP contribution < -0.4 is 5.32 Å². The molecule has 1 atom stereocenters. The Hall–Kier alpha value is -2.08. The molecule has 2 amide bonds. The van der Waals surface area contributed by atoms with Gasteiger partial charge in [-0.05, 0) is 24.1 Å². The summed E-state index contributed by atoms with van der Waals surface area (Å²) in [5.41, 5.74) is 1.11. The molecule has 2 N–H and O–H groups in total. The van der Waals surface area contributed by atoms with E-state index in [2.05, 4.69) is 5.32 Å². The summed E-state index contributed by atoms with van der Waals surface area (Å²) < 4.78 is 5.37. The Morgan fingerprint density at radius 1 is 1.38 bits per heavy atom. The molecule has 6 nitrogen and oxygen atoms in total. The number of hydrogen-bond acceptors (Lipinski definition) is 3. The van der Waals surface area contributed by atoms with E-state index in [1.165, 1.54) is 12.1 Å². The molecule has 0 spiro atoms. The van der Waals surface area contributed by atoms with E-state index in [-0.39, 0.29) is 17.6 Å². The molecule has 0 radical (unpaired) electrons. The number of amides is 2. The Kier molecular flexibility index (Phi) is 5.16. The number of ether oxygens (including phenoxy) is 1. The fourth-order valence-corrected chi connectivity index (χ4v) is 2.30. The van der Waals surface area contributed by atoms with Crippen molar-refractivity contribution in [3.8, 4) is 0 Å². The highest BCUT2D eigenvalue weighted by atomic mass is 16.5. The molecule has 1 fully saturated rings. The number of carbonyl (C=O) groups excluding carboxylic acids is 1. The number of rotatable bonds is 4. The summed E-state index contributed by atoms with van der Waals surface area (Å²) in [6.07, 6.45) is 0.862. The van der Waals surface area contributed by atoms with Crippen molar-refractivity contribution in [1.82, 2.24) is 10.2 Å². The van der Waals surface area contributed by atoms with E-state index in [4.69, 9.17) is 9.84 Å². The Labute approximate surface area is 123 Å². The second kappa shape index (κ2) is 7.08. The molecule has 21 heavy (non-hydrogen) atoms. The number of benzene rings is 1. The molecule has 1 heterocycles. The molecule has 0 bridgehead atoms. The summed E-state index contributed by atoms with van der Waals surface area (Å²) in [5, 5.41) is 11.7. The third kappa shape index (κ3) is 3.95. The molecule has 1 aliphatic rings. The van der Waals surface area contributed by atoms with Crippen LogP contribution in [0.15, 0.2) is 24.3 Å². The van der Waals surface area contributed by atoms with Gasteiger partial charge < -0.3 is 20.1 Å². The summed E-state index contributed by atoms with van der Waals surface area (Å²) in [4.78, 5) is 24.7. The van der Waals surface area contributed by atoms with Gasteiger partial charge >= 0.3 is 12.0 Å². The molecule has 1 aromatic rings. The van der Waals surface area contributed by atoms with Gasteiger partial charge in [0.25, 0.3) is 0 Å². The van der Waals surface area contributed by atoms with Crippen LogP contribution >= 0.6 is 0 Å². The molecule has 0 aromatic heterocycles. The summed E-state index contributed by atoms with van der Waals surface area (Å²) in [7, 11) is 0. The first-order valence-corrected chi connectivity index (χ1v) is 7.06. The predicted octanol–water partition coefficient (Wildman–Crippen LogP) is 1.71. The second-order valence-electron chi connectivity index (χ2n) is 4.99. The average molecular weight is 292 g/mol. The van der Waals surface area contributed by atoms with Crippen LogP contribution in [-0.2, 0) is 11.3 Å². The number of hydrogen-bond donors (Lipinski definition) is 2. The van der Waals surface area contributed by atoms with Gasteiger partial charge in [0.1, 0.15) is 0 Å². The predicted molar refractivity (Wildman–Crippen MR) is 77.2 cm³/mol. The van der Waals surface area contributed by atoms with Gasteiger partial charge in [-0.2, -0.15) is 0 Å². The van der Waals surface area contributed by atoms with Gasteiger partial charge in [-0.15, -0.1) is 0 Å². The number of carboxylic acid groups (broad SMARTS) is 1. The van der Waals surface area contributed by atoms with Gasteiger partial charge in [-0.3, -0.25) is 0 Å². The molecule has 6 heteroatoms. The van der Waals surface area contributed by atoms with Crippen molar-refractivity contribution in [2.45, 2.75) is 25.9 Å². The van der Waals surface area contributed by atoms with Gasteiger partial charge in [0.15, 0.2) is 0 Å². The van der Waals surface area contributed by atoms with Crippen molar-refractivity contribution in [3.05, 3.63) is 35.4 Å². The molecule has 114 valence electrons. The van der Waals surface area contributed by atoms with Crippen LogP contribution in [0.5, 0.6) is 0 Å². The van der Waals surface area contributed by atoms with Crippen molar-refractivity contribution in [3.63, 3.8) is 0 Å². The molecular formula is C15H20N2O4. The standard InChI is InChI=1S/C15H20N2O4/c1-2-13-10-21-8-7-17(13)15(20)16-9-11-3-5-12(6-4-11)14(18)19/h3-6,13H,2,7-10H2,1H3,(H,16,20)(H,18,19). The first-order valence-electron chi connectivity index (χ1n) is 7.06. The highest BCUT2D eigenvalue weighted by Gasteiger charge is 2.25. The van der Waals surface area contributed by atoms with Crippen LogP contribution in [0.3, 0.4) is 0 Å². The number of morpholine rings is 1. The lowest BCUT2D eigenvalue weighted by Gasteiger charge is -2.35. The maximum atomic E-state index is 12.2. The maximum Gasteiger partial charge on any atom is 0.335 e. The van der Waals surface area contributed by atoms with E-state index >= 15 is 0 Å². The largest absolute Gasteiger partial charge is 0.478 e. The van der Waals surface area contributed by atoms with Crippen LogP contribution in [0.1, 0.15) is 29.3 Å². The SMILES string of the molecule is CCC1COCCN1C(=O)NCc1ccc(C(=O)O)cc1. The topological polar surface area (TPSA) is 78.9 Å². The summed E-state index contributed by atoms with van der Waals surface area (Å²) >= 11 is 0. The Morgan fingerprint density at radius 2 is 2.10 bits per heavy atom. The third-order valence-corrected chi connectivity index (χ3v) is 3.60. The van der Waals surface area contributed by atoms with Crippen LogP contribution in [0, 0.1) is 0 Å². The number of nitrogens with one attached hydrogen (secondary N) is 1. The number of nitrogens with zero attached hydrogens (tertiary/aromatic N) is 1. The zero-order valence-corrected chi connectivity index (χ0v) is 12.0. The summed E-state index contributed by atoms with van der Waals surface area (Å²) in [6.45, 7) is 4.16. The van der Waals surface area contributed by atoms with E-state index in [0.29, 0.717) is 26.3 Å². The lowest BCUT2D eigenvalue weighted by atomic mass is 10.1. The number of carboxylic acids is 1. The molecule has 1 aliphatic heterocycles. The highest BCUT2D eigenvalue weighted by Crippen LogP contribution is 2.11. The first kappa shape index (κ1) is 15.3. The number of aromatic carboxylic acids is 1. The molecule has 0 aliphatic carbocycles. The van der Waals surface area contributed by atoms with Gasteiger partial charge in [0.2, 0.25) is 0 Å². The molecule has 2 rings (SSSR count). The molecule has 1 saturated heterocycles. The first-order chi connectivity index (χ1) is 10.1. The number of carbonyl (C=O) groups is 2. The van der Waals surface area contributed by atoms with Crippen molar-refractivity contribution >= 4 is 12.0 Å². The van der Waals surface area contributed by atoms with Crippen LogP contribution in [0.4, 0.5) is 4.79 Å². The van der Waals surface area contributed by atoms with Crippen molar-refractivity contribution in [2.24, 2.45) is 0 Å². The normalized spacial score (nSPS) is 18.3. The van der Waals surface area contributed by atoms with Crippen molar-refractivity contribution in [1.29, 1.82) is 0 Å². The van der Waals surface area contributed by atoms with Crippen LogP contribution in [0.25, 0.3) is 0 Å². The second-order valence-corrected chi connectivity index (χ2v) is 4.99. The van der Waals surface area contributed by atoms with E-state index in [0.717, 1.165) is 12.0 Å². The lowest BCUT2D eigenvalue weighted by molar-refractivity contribution is 0.0112. The maximum absolute atomic E-state index is 12.2. The van der Waals surface area contributed by atoms with E-state index < -0.39 is 5.97 Å². The number of urea groups is 1. The van der Waals surface area contributed by atoms with Gasteiger partial charge in [0.05, 0.1) is 24.8 Å². The Balaban J connectivity index is 1.89. The summed E-state index contributed by atoms with van der Waals surface area (Å²) in [6, 6.07) is 6.50. The lowest BCUT2D eigenvalue weighted by Crippen LogP contribution is -2.52. The molecule has 1 unspecified atom stereocenters. The van der Waals surface area contributed by atoms with E-state index in [1.807, 2.05) is 6.92 Å². The highest BCUT2D eigenvalue weighted by molar-refractivity contribution is 5.87. The minimum atomic E-state index is -0.954. The van der Waals surface area contributed by atoms with Crippen LogP contribution in [0.2, 0.25) is 0 Å². The van der Waals surface area contributed by atoms with Crippen molar-refractivity contribution in [2.75, 3.05) is 19.8 Å². The zero-order chi connectivity index (χ0) is 15.2. The minimum absolute atomic E-state index is 0.104. The molecular weight excluding hydrogens is 272 g/mol. The van der Waals surface area contributed by atoms with Crippen molar-refractivity contribution < 1.29 is 19.4 Å². The van der Waals surface area contributed by atoms with Gasteiger partial charge in [0, 0.05) is 13.1 Å². The fourth-order valence-electron chi connectivity index (χ4n) is 2.30. The third-order valence-electron chi connectivity index (χ3n) is 3.60. The van der Waals surface area contributed by atoms with E-state index in [1.54, 1.807) is 17.0 Å². The fraction of sp³-hybridized carbons (Fsp3) is 0.467. The quantitative estimate of drug-likeness (QED) is 0.885. The smallest absolute Gasteiger partial charge is 0.335 e. The summed E-state index contributed by atoms with van der Waals surface area (Å²) in [5.74, 6) is -0.954. The minimum Gasteiger partial charge on any atom is -0.478 e. The molecule has 1 aromatic carbocycles. The van der Waals surface area contributed by atoms with E-state index in [9.17, 15) is 9.59 Å². The zero-order valence-electron chi connectivity index (χ0n) is 12.0.